The van der Waals surface area contributed by atoms with Crippen molar-refractivity contribution < 1.29 is 14.3 Å². The highest BCUT2D eigenvalue weighted by molar-refractivity contribution is 5.82. The van der Waals surface area contributed by atoms with Crippen LogP contribution in [0.2, 0.25) is 0 Å². The average molecular weight is 227 g/mol. The molecule has 2 aliphatic heterocycles. The Bertz CT molecular complexity index is 244. The predicted octanol–water partition coefficient (Wildman–Crippen LogP) is 0.703. The molecule has 2 saturated heterocycles. The maximum Gasteiger partial charge on any atom is 0.141 e. The number of hydrogen-bond acceptors (Lipinski definition) is 4. The van der Waals surface area contributed by atoms with E-state index in [1.807, 2.05) is 0 Å². The van der Waals surface area contributed by atoms with Gasteiger partial charge in [-0.3, -0.25) is 9.69 Å². The number of nitrogens with zero attached hydrogens (tertiary/aromatic N) is 1. The predicted molar refractivity (Wildman–Crippen MR) is 60.4 cm³/mol. The lowest BCUT2D eigenvalue weighted by molar-refractivity contribution is -0.132. The summed E-state index contributed by atoms with van der Waals surface area (Å²) in [5, 5.41) is 0. The molecule has 2 fully saturated rings. The lowest BCUT2D eigenvalue weighted by atomic mass is 9.99. The molecule has 0 aromatic rings. The summed E-state index contributed by atoms with van der Waals surface area (Å²) < 4.78 is 11.0. The number of morpholine rings is 1. The van der Waals surface area contributed by atoms with Gasteiger partial charge in [-0.15, -0.1) is 0 Å². The first kappa shape index (κ1) is 12.0. The van der Waals surface area contributed by atoms with E-state index in [1.165, 1.54) is 0 Å². The van der Waals surface area contributed by atoms with E-state index >= 15 is 0 Å². The Labute approximate surface area is 96.9 Å². The molecule has 92 valence electrons. The van der Waals surface area contributed by atoms with Crippen LogP contribution in [0.5, 0.6) is 0 Å². The number of carbonyl (C=O) groups is 1. The SMILES string of the molecule is CCC1CN(CC2COCCC2=O)CCO1. The van der Waals surface area contributed by atoms with E-state index in [0.717, 1.165) is 32.7 Å². The highest BCUT2D eigenvalue weighted by Gasteiger charge is 2.27. The van der Waals surface area contributed by atoms with Crippen molar-refractivity contribution >= 4 is 5.78 Å². The molecule has 0 aliphatic carbocycles. The number of rotatable bonds is 3. The maximum atomic E-state index is 11.7. The van der Waals surface area contributed by atoms with Gasteiger partial charge in [-0.1, -0.05) is 6.92 Å². The number of hydrogen-bond donors (Lipinski definition) is 0. The molecule has 4 nitrogen and oxygen atoms in total. The summed E-state index contributed by atoms with van der Waals surface area (Å²) in [6.07, 6.45) is 1.98. The van der Waals surface area contributed by atoms with Crippen molar-refractivity contribution in [2.45, 2.75) is 25.9 Å². The molecule has 16 heavy (non-hydrogen) atoms. The highest BCUT2D eigenvalue weighted by Crippen LogP contribution is 2.15. The summed E-state index contributed by atoms with van der Waals surface area (Å²) in [6.45, 7) is 6.89. The highest BCUT2D eigenvalue weighted by atomic mass is 16.5. The third-order valence-electron chi connectivity index (χ3n) is 3.42. The Hall–Kier alpha value is -0.450. The normalized spacial score (nSPS) is 32.9. The molecule has 0 bridgehead atoms. The van der Waals surface area contributed by atoms with Crippen molar-refractivity contribution in [2.24, 2.45) is 5.92 Å². The van der Waals surface area contributed by atoms with Crippen LogP contribution >= 0.6 is 0 Å². The zero-order valence-electron chi connectivity index (χ0n) is 9.98. The number of Topliss-reactive ketones (excluding diaryl/α,β-unsaturated/α-hetero) is 1. The number of ketones is 1. The van der Waals surface area contributed by atoms with Crippen LogP contribution in [0.3, 0.4) is 0 Å². The van der Waals surface area contributed by atoms with Gasteiger partial charge in [0, 0.05) is 26.1 Å². The summed E-state index contributed by atoms with van der Waals surface area (Å²) in [5.74, 6) is 0.454. The minimum atomic E-state index is 0.0874. The molecule has 0 spiro atoms. The van der Waals surface area contributed by atoms with E-state index in [0.29, 0.717) is 31.5 Å². The molecule has 0 radical (unpaired) electrons. The minimum Gasteiger partial charge on any atom is -0.380 e. The molecule has 2 aliphatic rings. The van der Waals surface area contributed by atoms with E-state index in [-0.39, 0.29) is 5.92 Å². The van der Waals surface area contributed by atoms with Crippen molar-refractivity contribution in [3.05, 3.63) is 0 Å². The standard InChI is InChI=1S/C12H21NO3/c1-2-11-8-13(4-6-16-11)7-10-9-15-5-3-12(10)14/h10-11H,2-9H2,1H3. The number of carbonyl (C=O) groups excluding carboxylic acids is 1. The van der Waals surface area contributed by atoms with Gasteiger partial charge in [-0.25, -0.2) is 0 Å². The topological polar surface area (TPSA) is 38.8 Å². The molecule has 4 heteroatoms. The second-order valence-electron chi connectivity index (χ2n) is 4.65. The molecule has 0 saturated carbocycles. The van der Waals surface area contributed by atoms with Crippen LogP contribution in [0.1, 0.15) is 19.8 Å². The van der Waals surface area contributed by atoms with Gasteiger partial charge in [-0.2, -0.15) is 0 Å². The van der Waals surface area contributed by atoms with Gasteiger partial charge < -0.3 is 9.47 Å². The Morgan fingerprint density at radius 3 is 3.06 bits per heavy atom. The zero-order valence-corrected chi connectivity index (χ0v) is 9.98. The smallest absolute Gasteiger partial charge is 0.141 e. The van der Waals surface area contributed by atoms with Crippen molar-refractivity contribution in [2.75, 3.05) is 39.5 Å². The molecular weight excluding hydrogens is 206 g/mol. The molecular formula is C12H21NO3. The van der Waals surface area contributed by atoms with Gasteiger partial charge >= 0.3 is 0 Å². The molecule has 0 aromatic heterocycles. The van der Waals surface area contributed by atoms with Crippen LogP contribution in [0, 0.1) is 5.92 Å². The molecule has 2 atom stereocenters. The van der Waals surface area contributed by atoms with Crippen LogP contribution in [-0.4, -0.2) is 56.2 Å². The maximum absolute atomic E-state index is 11.7. The fourth-order valence-corrected chi connectivity index (χ4v) is 2.35. The first-order chi connectivity index (χ1) is 7.79. The Kier molecular flexibility index (Phi) is 4.32. The summed E-state index contributed by atoms with van der Waals surface area (Å²) in [5.41, 5.74) is 0. The molecule has 2 heterocycles. The monoisotopic (exact) mass is 227 g/mol. The fourth-order valence-electron chi connectivity index (χ4n) is 2.35. The zero-order chi connectivity index (χ0) is 11.4. The van der Waals surface area contributed by atoms with Gasteiger partial charge in [0.05, 0.1) is 31.8 Å². The summed E-state index contributed by atoms with van der Waals surface area (Å²) in [6, 6.07) is 0. The summed E-state index contributed by atoms with van der Waals surface area (Å²) in [7, 11) is 0. The molecule has 0 amide bonds. The molecule has 2 unspecified atom stereocenters. The van der Waals surface area contributed by atoms with E-state index in [4.69, 9.17) is 9.47 Å². The number of ether oxygens (including phenoxy) is 2. The average Bonchev–Trinajstić information content (AvgIpc) is 2.32. The van der Waals surface area contributed by atoms with Crippen molar-refractivity contribution in [1.82, 2.24) is 4.90 Å². The first-order valence-electron chi connectivity index (χ1n) is 6.24. The summed E-state index contributed by atoms with van der Waals surface area (Å²) in [4.78, 5) is 14.0. The largest absolute Gasteiger partial charge is 0.380 e. The van der Waals surface area contributed by atoms with Gasteiger partial charge in [-0.05, 0) is 6.42 Å². The quantitative estimate of drug-likeness (QED) is 0.711. The van der Waals surface area contributed by atoms with E-state index in [2.05, 4.69) is 11.8 Å². The van der Waals surface area contributed by atoms with E-state index in [1.54, 1.807) is 0 Å². The van der Waals surface area contributed by atoms with Crippen LogP contribution in [0.4, 0.5) is 0 Å². The van der Waals surface area contributed by atoms with Crippen LogP contribution in [-0.2, 0) is 14.3 Å². The second kappa shape index (κ2) is 5.75. The Morgan fingerprint density at radius 2 is 2.31 bits per heavy atom. The first-order valence-corrected chi connectivity index (χ1v) is 6.24. The fraction of sp³-hybridized carbons (Fsp3) is 0.917. The van der Waals surface area contributed by atoms with Gasteiger partial charge in [0.2, 0.25) is 0 Å². The summed E-state index contributed by atoms with van der Waals surface area (Å²) >= 11 is 0. The third-order valence-corrected chi connectivity index (χ3v) is 3.42. The van der Waals surface area contributed by atoms with Crippen molar-refractivity contribution in [3.8, 4) is 0 Å². The second-order valence-corrected chi connectivity index (χ2v) is 4.65. The van der Waals surface area contributed by atoms with Crippen LogP contribution in [0.15, 0.2) is 0 Å². The van der Waals surface area contributed by atoms with Gasteiger partial charge in [0.25, 0.3) is 0 Å². The van der Waals surface area contributed by atoms with Crippen LogP contribution < -0.4 is 0 Å². The molecule has 0 N–H and O–H groups in total. The lowest BCUT2D eigenvalue weighted by Gasteiger charge is -2.35. The molecule has 2 rings (SSSR count). The Balaban J connectivity index is 1.81. The van der Waals surface area contributed by atoms with Gasteiger partial charge in [0.1, 0.15) is 5.78 Å². The Morgan fingerprint density at radius 1 is 1.44 bits per heavy atom. The lowest BCUT2D eigenvalue weighted by Crippen LogP contribution is -2.46. The third kappa shape index (κ3) is 3.03. The minimum absolute atomic E-state index is 0.0874. The van der Waals surface area contributed by atoms with E-state index < -0.39 is 0 Å². The van der Waals surface area contributed by atoms with Crippen molar-refractivity contribution in [3.63, 3.8) is 0 Å². The van der Waals surface area contributed by atoms with Gasteiger partial charge in [0.15, 0.2) is 0 Å². The van der Waals surface area contributed by atoms with E-state index in [9.17, 15) is 4.79 Å². The van der Waals surface area contributed by atoms with Crippen molar-refractivity contribution in [1.29, 1.82) is 0 Å². The molecule has 0 aromatic carbocycles. The van der Waals surface area contributed by atoms with Crippen LogP contribution in [0.25, 0.3) is 0 Å².